The summed E-state index contributed by atoms with van der Waals surface area (Å²) in [6, 6.07) is 1.03. The molecule has 0 fully saturated rings. The fourth-order valence-corrected chi connectivity index (χ4v) is 2.08. The van der Waals surface area contributed by atoms with Gasteiger partial charge in [0.25, 0.3) is 0 Å². The van der Waals surface area contributed by atoms with Crippen molar-refractivity contribution in [1.29, 1.82) is 0 Å². The maximum absolute atomic E-state index is 4.82. The van der Waals surface area contributed by atoms with E-state index in [0.717, 1.165) is 0 Å². The molecule has 0 amide bonds. The maximum atomic E-state index is 4.82. The van der Waals surface area contributed by atoms with Gasteiger partial charge in [-0.1, -0.05) is 24.3 Å². The molecule has 2 aliphatic rings. The van der Waals surface area contributed by atoms with Crippen LogP contribution in [0.25, 0.3) is 0 Å². The smallest absolute Gasteiger partial charge is 0.0433 e. The van der Waals surface area contributed by atoms with Gasteiger partial charge >= 0.3 is 0 Å². The zero-order valence-corrected chi connectivity index (χ0v) is 8.15. The average molecular weight is 176 g/mol. The van der Waals surface area contributed by atoms with Crippen molar-refractivity contribution in [2.45, 2.75) is 50.6 Å². The van der Waals surface area contributed by atoms with Gasteiger partial charge in [-0.3, -0.25) is 0 Å². The fourth-order valence-electron chi connectivity index (χ4n) is 2.08. The van der Waals surface area contributed by atoms with E-state index in [1.54, 1.807) is 0 Å². The molecule has 0 aromatic heterocycles. The lowest BCUT2D eigenvalue weighted by atomic mass is 9.98. The zero-order valence-electron chi connectivity index (χ0n) is 8.15. The van der Waals surface area contributed by atoms with Crippen LogP contribution in [0, 0.1) is 0 Å². The highest BCUT2D eigenvalue weighted by Crippen LogP contribution is 2.16. The molecule has 1 nitrogen and oxygen atoms in total. The lowest BCUT2D eigenvalue weighted by Gasteiger charge is -2.23. The van der Waals surface area contributed by atoms with Gasteiger partial charge in [0.2, 0.25) is 0 Å². The van der Waals surface area contributed by atoms with Gasteiger partial charge in [0, 0.05) is 12.1 Å². The molecular formula is C12H18N. The molecule has 2 atom stereocenters. The molecule has 1 radical (unpaired) electrons. The predicted molar refractivity (Wildman–Crippen MR) is 55.7 cm³/mol. The van der Waals surface area contributed by atoms with Gasteiger partial charge in [0.15, 0.2) is 0 Å². The summed E-state index contributed by atoms with van der Waals surface area (Å²) >= 11 is 0. The van der Waals surface area contributed by atoms with E-state index in [1.165, 1.54) is 38.5 Å². The minimum atomic E-state index is 0.515. The second-order valence-corrected chi connectivity index (χ2v) is 4.00. The minimum absolute atomic E-state index is 0.515. The van der Waals surface area contributed by atoms with Gasteiger partial charge in [-0.15, -0.1) is 0 Å². The van der Waals surface area contributed by atoms with Crippen LogP contribution in [0.4, 0.5) is 0 Å². The Morgan fingerprint density at radius 3 is 1.77 bits per heavy atom. The number of hydrogen-bond acceptors (Lipinski definition) is 0. The lowest BCUT2D eigenvalue weighted by Crippen LogP contribution is -2.30. The molecule has 0 bridgehead atoms. The summed E-state index contributed by atoms with van der Waals surface area (Å²) in [5.74, 6) is 0. The van der Waals surface area contributed by atoms with Crippen LogP contribution in [-0.2, 0) is 0 Å². The predicted octanol–water partition coefficient (Wildman–Crippen LogP) is 2.81. The van der Waals surface area contributed by atoms with Crippen molar-refractivity contribution < 1.29 is 0 Å². The second-order valence-electron chi connectivity index (χ2n) is 4.00. The Bertz CT molecular complexity index is 183. The summed E-state index contributed by atoms with van der Waals surface area (Å²) in [4.78, 5) is 0. The molecule has 1 heteroatoms. The Hall–Kier alpha value is -0.560. The standard InChI is InChI=1S/C12H18N/c1-3-7-11(8-4-1)13-12-9-5-2-6-10-12/h3,5,7,9,11-12H,1-2,4,6,8,10H2. The van der Waals surface area contributed by atoms with Crippen molar-refractivity contribution in [2.24, 2.45) is 0 Å². The molecular weight excluding hydrogens is 158 g/mol. The van der Waals surface area contributed by atoms with Gasteiger partial charge in [-0.05, 0) is 38.5 Å². The third-order valence-corrected chi connectivity index (χ3v) is 2.84. The van der Waals surface area contributed by atoms with Crippen molar-refractivity contribution >= 4 is 0 Å². The molecule has 2 unspecified atom stereocenters. The summed E-state index contributed by atoms with van der Waals surface area (Å²) < 4.78 is 0. The van der Waals surface area contributed by atoms with Gasteiger partial charge in [-0.2, -0.15) is 0 Å². The van der Waals surface area contributed by atoms with E-state index >= 15 is 0 Å². The number of allylic oxidation sites excluding steroid dienone is 2. The highest BCUT2D eigenvalue weighted by molar-refractivity contribution is 5.03. The van der Waals surface area contributed by atoms with E-state index in [2.05, 4.69) is 24.3 Å². The van der Waals surface area contributed by atoms with Crippen molar-refractivity contribution in [3.63, 3.8) is 0 Å². The molecule has 0 heterocycles. The second kappa shape index (κ2) is 4.61. The molecule has 0 aliphatic heterocycles. The van der Waals surface area contributed by atoms with Crippen molar-refractivity contribution in [3.05, 3.63) is 24.3 Å². The summed E-state index contributed by atoms with van der Waals surface area (Å²) in [7, 11) is 0. The first-order chi connectivity index (χ1) is 6.45. The summed E-state index contributed by atoms with van der Waals surface area (Å²) in [5.41, 5.74) is 0. The molecule has 0 spiro atoms. The summed E-state index contributed by atoms with van der Waals surface area (Å²) in [5, 5.41) is 4.82. The summed E-state index contributed by atoms with van der Waals surface area (Å²) in [6.07, 6.45) is 16.8. The first-order valence-corrected chi connectivity index (χ1v) is 5.48. The average Bonchev–Trinajstić information content (AvgIpc) is 2.21. The van der Waals surface area contributed by atoms with Crippen molar-refractivity contribution in [3.8, 4) is 0 Å². The van der Waals surface area contributed by atoms with E-state index < -0.39 is 0 Å². The van der Waals surface area contributed by atoms with Gasteiger partial charge in [0.05, 0.1) is 0 Å². The van der Waals surface area contributed by atoms with Crippen LogP contribution in [0.1, 0.15) is 38.5 Å². The van der Waals surface area contributed by atoms with E-state index in [9.17, 15) is 0 Å². The number of rotatable bonds is 2. The maximum Gasteiger partial charge on any atom is 0.0433 e. The largest absolute Gasteiger partial charge is 0.227 e. The molecule has 0 saturated heterocycles. The van der Waals surface area contributed by atoms with Crippen LogP contribution in [-0.4, -0.2) is 12.1 Å². The molecule has 0 aromatic rings. The summed E-state index contributed by atoms with van der Waals surface area (Å²) in [6.45, 7) is 0. The molecule has 2 rings (SSSR count). The zero-order chi connectivity index (χ0) is 8.93. The first kappa shape index (κ1) is 9.01. The van der Waals surface area contributed by atoms with E-state index in [0.29, 0.717) is 12.1 Å². The van der Waals surface area contributed by atoms with Gasteiger partial charge in [0.1, 0.15) is 0 Å². The number of nitrogens with zero attached hydrogens (tertiary/aromatic N) is 1. The van der Waals surface area contributed by atoms with Crippen molar-refractivity contribution in [2.75, 3.05) is 0 Å². The highest BCUT2D eigenvalue weighted by atomic mass is 14.9. The van der Waals surface area contributed by atoms with Crippen LogP contribution >= 0.6 is 0 Å². The number of hydrogen-bond donors (Lipinski definition) is 0. The third-order valence-electron chi connectivity index (χ3n) is 2.84. The quantitative estimate of drug-likeness (QED) is 0.574. The van der Waals surface area contributed by atoms with Crippen LogP contribution in [0.5, 0.6) is 0 Å². The SMILES string of the molecule is C1=CC([N]C2C=CCCC2)CCC1. The highest BCUT2D eigenvalue weighted by Gasteiger charge is 2.15. The topological polar surface area (TPSA) is 14.1 Å². The van der Waals surface area contributed by atoms with E-state index in [1.807, 2.05) is 0 Å². The molecule has 2 aliphatic carbocycles. The fraction of sp³-hybridized carbons (Fsp3) is 0.667. The minimum Gasteiger partial charge on any atom is -0.227 e. The molecule has 0 N–H and O–H groups in total. The molecule has 0 saturated carbocycles. The monoisotopic (exact) mass is 176 g/mol. The molecule has 0 aromatic carbocycles. The Morgan fingerprint density at radius 1 is 0.846 bits per heavy atom. The normalized spacial score (nSPS) is 33.5. The van der Waals surface area contributed by atoms with Gasteiger partial charge in [-0.25, -0.2) is 5.32 Å². The van der Waals surface area contributed by atoms with Crippen LogP contribution in [0.2, 0.25) is 0 Å². The Morgan fingerprint density at radius 2 is 1.38 bits per heavy atom. The lowest BCUT2D eigenvalue weighted by molar-refractivity contribution is 0.440. The Kier molecular flexibility index (Phi) is 3.20. The molecule has 13 heavy (non-hydrogen) atoms. The van der Waals surface area contributed by atoms with E-state index in [-0.39, 0.29) is 0 Å². The van der Waals surface area contributed by atoms with Crippen molar-refractivity contribution in [1.82, 2.24) is 5.32 Å². The first-order valence-electron chi connectivity index (χ1n) is 5.48. The van der Waals surface area contributed by atoms with Crippen LogP contribution in [0.15, 0.2) is 24.3 Å². The third kappa shape index (κ3) is 2.70. The molecule has 71 valence electrons. The van der Waals surface area contributed by atoms with E-state index in [4.69, 9.17) is 5.32 Å². The Balaban J connectivity index is 1.82. The van der Waals surface area contributed by atoms with Crippen LogP contribution < -0.4 is 5.32 Å². The van der Waals surface area contributed by atoms with Crippen LogP contribution in [0.3, 0.4) is 0 Å². The Labute approximate surface area is 80.9 Å². The van der Waals surface area contributed by atoms with Gasteiger partial charge < -0.3 is 0 Å².